The molecule has 4 rings (SSSR count). The number of H-pyrrole nitrogens is 2. The maximum absolute atomic E-state index is 11.4. The molecule has 0 fully saturated rings. The van der Waals surface area contributed by atoms with Gasteiger partial charge in [0.1, 0.15) is 12.4 Å². The number of hydrogen-bond acceptors (Lipinski definition) is 3. The molecule has 0 unspecified atom stereocenters. The summed E-state index contributed by atoms with van der Waals surface area (Å²) in [6.07, 6.45) is 0. The van der Waals surface area contributed by atoms with Gasteiger partial charge in [-0.15, -0.1) is 0 Å². The van der Waals surface area contributed by atoms with E-state index in [0.717, 1.165) is 33.6 Å². The Morgan fingerprint density at radius 2 is 1.70 bits per heavy atom. The summed E-state index contributed by atoms with van der Waals surface area (Å²) < 4.78 is 5.91. The summed E-state index contributed by atoms with van der Waals surface area (Å²) in [6, 6.07) is 22.2. The Hall–Kier alpha value is -3.47. The van der Waals surface area contributed by atoms with Crippen LogP contribution in [0, 0.1) is 6.92 Å². The number of aromatic amines is 2. The lowest BCUT2D eigenvalue weighted by Gasteiger charge is -2.10. The Balaban J connectivity index is 1.39. The van der Waals surface area contributed by atoms with E-state index < -0.39 is 0 Å². The highest BCUT2D eigenvalue weighted by molar-refractivity contribution is 5.78. The molecule has 0 saturated carbocycles. The normalized spacial score (nSPS) is 10.9. The number of nitrogens with one attached hydrogen (secondary N) is 3. The van der Waals surface area contributed by atoms with Crippen LogP contribution in [0.4, 0.5) is 5.69 Å². The highest BCUT2D eigenvalue weighted by Gasteiger charge is 2.02. The molecular formula is C22H21N3O2. The lowest BCUT2D eigenvalue weighted by molar-refractivity contribution is 0.306. The van der Waals surface area contributed by atoms with Gasteiger partial charge in [-0.25, -0.2) is 4.79 Å². The lowest BCUT2D eigenvalue weighted by Crippen LogP contribution is -2.01. The Morgan fingerprint density at radius 3 is 2.56 bits per heavy atom. The molecule has 0 spiro atoms. The number of ether oxygens (including phenoxy) is 1. The van der Waals surface area contributed by atoms with Crippen LogP contribution in [0.15, 0.2) is 71.5 Å². The first-order valence-electron chi connectivity index (χ1n) is 8.89. The van der Waals surface area contributed by atoms with Gasteiger partial charge in [0.2, 0.25) is 0 Å². The second kappa shape index (κ2) is 7.41. The van der Waals surface area contributed by atoms with E-state index in [9.17, 15) is 4.79 Å². The fourth-order valence-electron chi connectivity index (χ4n) is 2.94. The SMILES string of the molecule is Cc1ccc(COc2cccc(CNc3ccc4[nH]c(=O)[nH]c4c3)c2)cc1. The Morgan fingerprint density at radius 1 is 0.889 bits per heavy atom. The van der Waals surface area contributed by atoms with E-state index >= 15 is 0 Å². The standard InChI is InChI=1S/C22H21N3O2/c1-15-5-7-16(8-6-15)14-27-19-4-2-3-17(11-19)13-23-18-9-10-20-21(12-18)25-22(26)24-20/h2-12,23H,13-14H2,1H3,(H2,24,25,26). The quantitative estimate of drug-likeness (QED) is 0.479. The number of benzene rings is 3. The van der Waals surface area contributed by atoms with Gasteiger partial charge in [0.05, 0.1) is 11.0 Å². The van der Waals surface area contributed by atoms with Crippen molar-refractivity contribution in [1.29, 1.82) is 0 Å². The molecule has 3 N–H and O–H groups in total. The summed E-state index contributed by atoms with van der Waals surface area (Å²) in [5, 5.41) is 3.38. The van der Waals surface area contributed by atoms with Gasteiger partial charge in [-0.3, -0.25) is 0 Å². The molecule has 0 saturated heterocycles. The highest BCUT2D eigenvalue weighted by Crippen LogP contribution is 2.18. The molecule has 0 aliphatic carbocycles. The van der Waals surface area contributed by atoms with Crippen LogP contribution in [0.5, 0.6) is 5.75 Å². The minimum Gasteiger partial charge on any atom is -0.489 e. The van der Waals surface area contributed by atoms with Crippen LogP contribution in [0.3, 0.4) is 0 Å². The molecule has 0 bridgehead atoms. The zero-order chi connectivity index (χ0) is 18.6. The molecule has 5 heteroatoms. The third-order valence-electron chi connectivity index (χ3n) is 4.44. The predicted molar refractivity (Wildman–Crippen MR) is 108 cm³/mol. The maximum Gasteiger partial charge on any atom is 0.323 e. The number of fused-ring (bicyclic) bond motifs is 1. The third kappa shape index (κ3) is 4.20. The molecule has 1 heterocycles. The Labute approximate surface area is 157 Å². The van der Waals surface area contributed by atoms with Crippen molar-refractivity contribution in [1.82, 2.24) is 9.97 Å². The van der Waals surface area contributed by atoms with E-state index in [0.29, 0.717) is 13.2 Å². The zero-order valence-electron chi connectivity index (χ0n) is 15.1. The third-order valence-corrected chi connectivity index (χ3v) is 4.44. The summed E-state index contributed by atoms with van der Waals surface area (Å²) in [5.74, 6) is 0.847. The van der Waals surface area contributed by atoms with Crippen molar-refractivity contribution >= 4 is 16.7 Å². The Bertz CT molecular complexity index is 1110. The van der Waals surface area contributed by atoms with Crippen LogP contribution < -0.4 is 15.7 Å². The summed E-state index contributed by atoms with van der Waals surface area (Å²) in [4.78, 5) is 16.9. The molecule has 1 aromatic heterocycles. The predicted octanol–water partition coefficient (Wildman–Crippen LogP) is 4.36. The number of hydrogen-bond donors (Lipinski definition) is 3. The van der Waals surface area contributed by atoms with Gasteiger partial charge in [0, 0.05) is 12.2 Å². The van der Waals surface area contributed by atoms with Gasteiger partial charge in [-0.2, -0.15) is 0 Å². The average Bonchev–Trinajstić information content (AvgIpc) is 3.05. The van der Waals surface area contributed by atoms with Crippen LogP contribution in [0.2, 0.25) is 0 Å². The topological polar surface area (TPSA) is 69.9 Å². The molecule has 27 heavy (non-hydrogen) atoms. The van der Waals surface area contributed by atoms with Gasteiger partial charge >= 0.3 is 5.69 Å². The molecule has 4 aromatic rings. The fourth-order valence-corrected chi connectivity index (χ4v) is 2.94. The van der Waals surface area contributed by atoms with Gasteiger partial charge in [-0.05, 0) is 48.4 Å². The largest absolute Gasteiger partial charge is 0.489 e. The number of imidazole rings is 1. The van der Waals surface area contributed by atoms with Gasteiger partial charge in [-0.1, -0.05) is 42.0 Å². The van der Waals surface area contributed by atoms with Crippen LogP contribution in [-0.2, 0) is 13.2 Å². The zero-order valence-corrected chi connectivity index (χ0v) is 15.1. The fraction of sp³-hybridized carbons (Fsp3) is 0.136. The summed E-state index contributed by atoms with van der Waals surface area (Å²) in [6.45, 7) is 3.29. The number of rotatable bonds is 6. The van der Waals surface area contributed by atoms with Crippen molar-refractivity contribution in [2.75, 3.05) is 5.32 Å². The first-order chi connectivity index (χ1) is 13.2. The van der Waals surface area contributed by atoms with Crippen molar-refractivity contribution in [2.24, 2.45) is 0 Å². The summed E-state index contributed by atoms with van der Waals surface area (Å²) >= 11 is 0. The number of aryl methyl sites for hydroxylation is 1. The van der Waals surface area contributed by atoms with Crippen molar-refractivity contribution in [3.8, 4) is 5.75 Å². The van der Waals surface area contributed by atoms with Crippen molar-refractivity contribution < 1.29 is 4.74 Å². The molecule has 0 radical (unpaired) electrons. The molecule has 5 nitrogen and oxygen atoms in total. The summed E-state index contributed by atoms with van der Waals surface area (Å²) in [5.41, 5.74) is 5.87. The number of aromatic nitrogens is 2. The van der Waals surface area contributed by atoms with E-state index in [4.69, 9.17) is 4.74 Å². The van der Waals surface area contributed by atoms with Crippen LogP contribution in [0.25, 0.3) is 11.0 Å². The minimum atomic E-state index is -0.194. The van der Waals surface area contributed by atoms with Gasteiger partial charge in [0.25, 0.3) is 0 Å². The highest BCUT2D eigenvalue weighted by atomic mass is 16.5. The van der Waals surface area contributed by atoms with E-state index in [2.05, 4.69) is 52.5 Å². The molecule has 0 aliphatic heterocycles. The van der Waals surface area contributed by atoms with Crippen LogP contribution in [0.1, 0.15) is 16.7 Å². The van der Waals surface area contributed by atoms with E-state index in [-0.39, 0.29) is 5.69 Å². The molecule has 3 aromatic carbocycles. The molecule has 0 aliphatic rings. The Kier molecular flexibility index (Phi) is 4.66. The van der Waals surface area contributed by atoms with E-state index in [1.165, 1.54) is 5.56 Å². The molecular weight excluding hydrogens is 338 g/mol. The first-order valence-corrected chi connectivity index (χ1v) is 8.89. The van der Waals surface area contributed by atoms with E-state index in [1.54, 1.807) is 0 Å². The van der Waals surface area contributed by atoms with Gasteiger partial charge in [0.15, 0.2) is 0 Å². The smallest absolute Gasteiger partial charge is 0.323 e. The first kappa shape index (κ1) is 17.0. The second-order valence-corrected chi connectivity index (χ2v) is 6.61. The van der Waals surface area contributed by atoms with Crippen molar-refractivity contribution in [2.45, 2.75) is 20.1 Å². The van der Waals surface area contributed by atoms with Crippen LogP contribution in [-0.4, -0.2) is 9.97 Å². The monoisotopic (exact) mass is 359 g/mol. The number of anilines is 1. The molecule has 136 valence electrons. The molecule has 0 amide bonds. The average molecular weight is 359 g/mol. The summed E-state index contributed by atoms with van der Waals surface area (Å²) in [7, 11) is 0. The van der Waals surface area contributed by atoms with Crippen molar-refractivity contribution in [3.05, 3.63) is 93.9 Å². The lowest BCUT2D eigenvalue weighted by atomic mass is 10.1. The minimum absolute atomic E-state index is 0.194. The second-order valence-electron chi connectivity index (χ2n) is 6.61. The van der Waals surface area contributed by atoms with Gasteiger partial charge < -0.3 is 20.0 Å². The van der Waals surface area contributed by atoms with Crippen LogP contribution >= 0.6 is 0 Å². The maximum atomic E-state index is 11.4. The van der Waals surface area contributed by atoms with Crippen molar-refractivity contribution in [3.63, 3.8) is 0 Å². The molecule has 0 atom stereocenters. The van der Waals surface area contributed by atoms with E-state index in [1.807, 2.05) is 36.4 Å².